The summed E-state index contributed by atoms with van der Waals surface area (Å²) in [7, 11) is 0. The van der Waals surface area contributed by atoms with Crippen molar-refractivity contribution in [3.05, 3.63) is 35.6 Å². The molecule has 26 heavy (non-hydrogen) atoms. The van der Waals surface area contributed by atoms with Gasteiger partial charge in [0.2, 0.25) is 5.95 Å². The van der Waals surface area contributed by atoms with Crippen molar-refractivity contribution in [1.29, 1.82) is 0 Å². The van der Waals surface area contributed by atoms with Crippen LogP contribution in [0.3, 0.4) is 0 Å². The molecular weight excluding hydrogens is 351 g/mol. The van der Waals surface area contributed by atoms with Crippen LogP contribution in [0.1, 0.15) is 37.7 Å². The minimum Gasteiger partial charge on any atom is -0.376 e. The standard InChI is InChI=1S/C19H25FN4OS/c20-16-8-6-15(7-9-16)14-26-19-22-21-18(23-10-2-1-3-11-23)24(19)13-17-5-4-12-25-17/h6-9,17H,1-5,10-14H2/t17-/m0/s1. The van der Waals surface area contributed by atoms with Crippen molar-refractivity contribution in [3.63, 3.8) is 0 Å². The molecule has 1 aromatic heterocycles. The molecule has 4 rings (SSSR count). The lowest BCUT2D eigenvalue weighted by Crippen LogP contribution is -2.33. The number of ether oxygens (including phenoxy) is 1. The van der Waals surface area contributed by atoms with Gasteiger partial charge in [-0.25, -0.2) is 4.39 Å². The average molecular weight is 377 g/mol. The van der Waals surface area contributed by atoms with Gasteiger partial charge in [0, 0.05) is 25.4 Å². The van der Waals surface area contributed by atoms with Crippen LogP contribution in [0.5, 0.6) is 0 Å². The van der Waals surface area contributed by atoms with E-state index in [0.29, 0.717) is 0 Å². The molecule has 0 radical (unpaired) electrons. The topological polar surface area (TPSA) is 43.2 Å². The Morgan fingerprint density at radius 3 is 2.62 bits per heavy atom. The highest BCUT2D eigenvalue weighted by Gasteiger charge is 2.24. The zero-order chi connectivity index (χ0) is 17.8. The van der Waals surface area contributed by atoms with Crippen LogP contribution in [0.15, 0.2) is 29.4 Å². The number of thioether (sulfide) groups is 1. The van der Waals surface area contributed by atoms with Crippen LogP contribution in [0.4, 0.5) is 10.3 Å². The monoisotopic (exact) mass is 376 g/mol. The van der Waals surface area contributed by atoms with Crippen molar-refractivity contribution in [3.8, 4) is 0 Å². The van der Waals surface area contributed by atoms with E-state index < -0.39 is 0 Å². The third-order valence-electron chi connectivity index (χ3n) is 5.03. The fourth-order valence-corrected chi connectivity index (χ4v) is 4.49. The van der Waals surface area contributed by atoms with Crippen LogP contribution in [0.2, 0.25) is 0 Å². The van der Waals surface area contributed by atoms with E-state index in [1.165, 1.54) is 31.4 Å². The lowest BCUT2D eigenvalue weighted by Gasteiger charge is -2.28. The summed E-state index contributed by atoms with van der Waals surface area (Å²) in [6, 6.07) is 6.67. The molecule has 5 nitrogen and oxygen atoms in total. The summed E-state index contributed by atoms with van der Waals surface area (Å²) in [4.78, 5) is 2.35. The number of anilines is 1. The maximum atomic E-state index is 13.1. The molecule has 0 unspecified atom stereocenters. The summed E-state index contributed by atoms with van der Waals surface area (Å²) in [5.41, 5.74) is 1.09. The van der Waals surface area contributed by atoms with Crippen molar-refractivity contribution in [2.75, 3.05) is 24.6 Å². The lowest BCUT2D eigenvalue weighted by molar-refractivity contribution is 0.0951. The van der Waals surface area contributed by atoms with E-state index >= 15 is 0 Å². The van der Waals surface area contributed by atoms with Crippen molar-refractivity contribution < 1.29 is 9.13 Å². The van der Waals surface area contributed by atoms with E-state index in [1.807, 2.05) is 12.1 Å². The molecule has 3 heterocycles. The second-order valence-corrected chi connectivity index (χ2v) is 7.93. The highest BCUT2D eigenvalue weighted by molar-refractivity contribution is 7.98. The van der Waals surface area contributed by atoms with Crippen LogP contribution >= 0.6 is 11.8 Å². The number of halogens is 1. The summed E-state index contributed by atoms with van der Waals surface area (Å²) < 4.78 is 21.2. The number of nitrogens with zero attached hydrogens (tertiary/aromatic N) is 4. The molecule has 0 aliphatic carbocycles. The molecular formula is C19H25FN4OS. The van der Waals surface area contributed by atoms with Gasteiger partial charge in [0.25, 0.3) is 0 Å². The largest absolute Gasteiger partial charge is 0.376 e. The number of hydrogen-bond donors (Lipinski definition) is 0. The summed E-state index contributed by atoms with van der Waals surface area (Å²) in [5, 5.41) is 9.90. The van der Waals surface area contributed by atoms with Gasteiger partial charge in [-0.2, -0.15) is 0 Å². The minimum atomic E-state index is -0.201. The van der Waals surface area contributed by atoms with E-state index in [9.17, 15) is 4.39 Å². The number of aromatic nitrogens is 3. The molecule has 2 aliphatic rings. The zero-order valence-corrected chi connectivity index (χ0v) is 15.8. The van der Waals surface area contributed by atoms with Gasteiger partial charge in [-0.3, -0.25) is 4.57 Å². The van der Waals surface area contributed by atoms with Crippen molar-refractivity contribution in [1.82, 2.24) is 14.8 Å². The Labute approximate surface area is 157 Å². The number of rotatable bonds is 6. The first-order chi connectivity index (χ1) is 12.8. The van der Waals surface area contributed by atoms with E-state index in [0.717, 1.165) is 61.5 Å². The van der Waals surface area contributed by atoms with E-state index in [1.54, 1.807) is 11.8 Å². The maximum Gasteiger partial charge on any atom is 0.228 e. The average Bonchev–Trinajstić information content (AvgIpc) is 3.33. The summed E-state index contributed by atoms with van der Waals surface area (Å²) in [5.74, 6) is 1.53. The van der Waals surface area contributed by atoms with Gasteiger partial charge in [0.05, 0.1) is 12.6 Å². The van der Waals surface area contributed by atoms with E-state index in [-0.39, 0.29) is 11.9 Å². The molecule has 140 valence electrons. The highest BCUT2D eigenvalue weighted by Crippen LogP contribution is 2.28. The van der Waals surface area contributed by atoms with Gasteiger partial charge in [-0.05, 0) is 49.8 Å². The Hall–Kier alpha value is -1.60. The van der Waals surface area contributed by atoms with Crippen LogP contribution in [0, 0.1) is 5.82 Å². The molecule has 0 spiro atoms. The van der Waals surface area contributed by atoms with Gasteiger partial charge in [0.15, 0.2) is 5.16 Å². The van der Waals surface area contributed by atoms with Gasteiger partial charge >= 0.3 is 0 Å². The fourth-order valence-electron chi connectivity index (χ4n) is 3.60. The zero-order valence-electron chi connectivity index (χ0n) is 14.9. The lowest BCUT2D eigenvalue weighted by atomic mass is 10.1. The second kappa shape index (κ2) is 8.39. The van der Waals surface area contributed by atoms with Crippen LogP contribution in [0.25, 0.3) is 0 Å². The van der Waals surface area contributed by atoms with Gasteiger partial charge < -0.3 is 9.64 Å². The van der Waals surface area contributed by atoms with Gasteiger partial charge in [0.1, 0.15) is 5.82 Å². The van der Waals surface area contributed by atoms with Crippen molar-refractivity contribution in [2.45, 2.75) is 55.7 Å². The maximum absolute atomic E-state index is 13.1. The number of piperidine rings is 1. The molecule has 7 heteroatoms. The van der Waals surface area contributed by atoms with E-state index in [4.69, 9.17) is 4.74 Å². The summed E-state index contributed by atoms with van der Waals surface area (Å²) in [6.45, 7) is 3.76. The van der Waals surface area contributed by atoms with Crippen LogP contribution in [-0.2, 0) is 17.0 Å². The number of hydrogen-bond acceptors (Lipinski definition) is 5. The third kappa shape index (κ3) is 4.20. The Bertz CT molecular complexity index is 709. The Balaban J connectivity index is 1.52. The Kier molecular flexibility index (Phi) is 5.75. The van der Waals surface area contributed by atoms with Crippen molar-refractivity contribution in [2.24, 2.45) is 0 Å². The molecule has 0 amide bonds. The van der Waals surface area contributed by atoms with Crippen molar-refractivity contribution >= 4 is 17.7 Å². The molecule has 1 aromatic carbocycles. The fraction of sp³-hybridized carbons (Fsp3) is 0.579. The molecule has 2 aromatic rings. The molecule has 2 aliphatic heterocycles. The second-order valence-electron chi connectivity index (χ2n) is 6.99. The van der Waals surface area contributed by atoms with Crippen LogP contribution in [-0.4, -0.2) is 40.6 Å². The first-order valence-corrected chi connectivity index (χ1v) is 10.4. The predicted octanol–water partition coefficient (Wildman–Crippen LogP) is 3.88. The number of benzene rings is 1. The first-order valence-electron chi connectivity index (χ1n) is 9.46. The van der Waals surface area contributed by atoms with Gasteiger partial charge in [-0.1, -0.05) is 23.9 Å². The minimum absolute atomic E-state index is 0.201. The molecule has 1 atom stereocenters. The summed E-state index contributed by atoms with van der Waals surface area (Å²) in [6.07, 6.45) is 6.20. The molecule has 0 bridgehead atoms. The predicted molar refractivity (Wildman–Crippen MR) is 101 cm³/mol. The quantitative estimate of drug-likeness (QED) is 0.716. The summed E-state index contributed by atoms with van der Waals surface area (Å²) >= 11 is 1.66. The molecule has 2 fully saturated rings. The van der Waals surface area contributed by atoms with Crippen LogP contribution < -0.4 is 4.90 Å². The molecule has 2 saturated heterocycles. The first kappa shape index (κ1) is 17.8. The van der Waals surface area contributed by atoms with Gasteiger partial charge in [-0.15, -0.1) is 10.2 Å². The SMILES string of the molecule is Fc1ccc(CSc2nnc(N3CCCCC3)n2C[C@@H]2CCCO2)cc1. The highest BCUT2D eigenvalue weighted by atomic mass is 32.2. The smallest absolute Gasteiger partial charge is 0.228 e. The molecule has 0 N–H and O–H groups in total. The molecule has 0 saturated carbocycles. The normalized spacial score (nSPS) is 20.7. The van der Waals surface area contributed by atoms with E-state index in [2.05, 4.69) is 19.7 Å². The Morgan fingerprint density at radius 1 is 1.08 bits per heavy atom. The Morgan fingerprint density at radius 2 is 1.88 bits per heavy atom. The third-order valence-corrected chi connectivity index (χ3v) is 6.07.